The van der Waals surface area contributed by atoms with Gasteiger partial charge in [-0.1, -0.05) is 32.0 Å². The number of hydrogen-bond acceptors (Lipinski definition) is 4. The number of hydrogen-bond donors (Lipinski definition) is 2. The molecular formula is C18H27N3O3. The van der Waals surface area contributed by atoms with Crippen LogP contribution >= 0.6 is 0 Å². The van der Waals surface area contributed by atoms with E-state index in [0.717, 1.165) is 30.6 Å². The van der Waals surface area contributed by atoms with Crippen molar-refractivity contribution in [2.24, 2.45) is 11.8 Å². The number of hydrazine groups is 1. The largest absolute Gasteiger partial charge is 0.483 e. The van der Waals surface area contributed by atoms with Crippen LogP contribution in [0.25, 0.3) is 0 Å². The van der Waals surface area contributed by atoms with Crippen LogP contribution in [0.1, 0.15) is 44.6 Å². The fourth-order valence-corrected chi connectivity index (χ4v) is 3.01. The number of carbonyl (C=O) groups excluding carboxylic acids is 2. The topological polar surface area (TPSA) is 84.7 Å². The van der Waals surface area contributed by atoms with Gasteiger partial charge in [-0.3, -0.25) is 15.0 Å². The van der Waals surface area contributed by atoms with Gasteiger partial charge in [0.25, 0.3) is 5.91 Å². The Hall–Kier alpha value is -2.08. The number of para-hydroxylation sites is 1. The van der Waals surface area contributed by atoms with Crippen LogP contribution in [0.15, 0.2) is 24.3 Å². The Labute approximate surface area is 143 Å². The molecule has 0 bridgehead atoms. The summed E-state index contributed by atoms with van der Waals surface area (Å²) in [5.74, 6) is 5.78. The summed E-state index contributed by atoms with van der Waals surface area (Å²) in [6.07, 6.45) is 2.56. The van der Waals surface area contributed by atoms with Crippen molar-refractivity contribution in [3.63, 3.8) is 0 Å². The van der Waals surface area contributed by atoms with E-state index in [4.69, 9.17) is 10.6 Å². The van der Waals surface area contributed by atoms with Crippen LogP contribution in [0, 0.1) is 5.92 Å². The third-order valence-corrected chi connectivity index (χ3v) is 4.70. The molecule has 1 aromatic rings. The summed E-state index contributed by atoms with van der Waals surface area (Å²) in [5.41, 5.74) is 3.29. The first-order valence-corrected chi connectivity index (χ1v) is 8.56. The minimum absolute atomic E-state index is 0.00951. The summed E-state index contributed by atoms with van der Waals surface area (Å²) in [6.45, 7) is 5.32. The highest BCUT2D eigenvalue weighted by molar-refractivity contribution is 5.81. The van der Waals surface area contributed by atoms with E-state index >= 15 is 0 Å². The molecule has 2 atom stereocenters. The number of rotatable bonds is 6. The molecule has 24 heavy (non-hydrogen) atoms. The first-order valence-electron chi connectivity index (χ1n) is 8.56. The van der Waals surface area contributed by atoms with E-state index in [1.54, 1.807) is 4.90 Å². The molecule has 0 spiro atoms. The molecule has 0 aliphatic carbocycles. The van der Waals surface area contributed by atoms with E-state index in [0.29, 0.717) is 19.0 Å². The molecule has 1 aliphatic heterocycles. The lowest BCUT2D eigenvalue weighted by Crippen LogP contribution is -2.48. The van der Waals surface area contributed by atoms with Crippen LogP contribution in [0.3, 0.4) is 0 Å². The van der Waals surface area contributed by atoms with Crippen molar-refractivity contribution in [2.45, 2.75) is 39.0 Å². The number of amides is 2. The first kappa shape index (κ1) is 18.3. The SMILES string of the molecule is CCC(C)c1ccccc1OCC(=O)N1CCCC(C(=O)NN)C1. The number of nitrogens with zero attached hydrogens (tertiary/aromatic N) is 1. The third-order valence-electron chi connectivity index (χ3n) is 4.70. The van der Waals surface area contributed by atoms with Crippen molar-refractivity contribution < 1.29 is 14.3 Å². The molecule has 6 nitrogen and oxygen atoms in total. The van der Waals surface area contributed by atoms with Gasteiger partial charge in [-0.2, -0.15) is 0 Å². The third kappa shape index (κ3) is 4.47. The lowest BCUT2D eigenvalue weighted by Gasteiger charge is -2.31. The predicted molar refractivity (Wildman–Crippen MR) is 92.3 cm³/mol. The van der Waals surface area contributed by atoms with Crippen molar-refractivity contribution in [3.8, 4) is 5.75 Å². The Kier molecular flexibility index (Phi) is 6.61. The van der Waals surface area contributed by atoms with E-state index in [1.165, 1.54) is 0 Å². The molecule has 2 unspecified atom stereocenters. The minimum atomic E-state index is -0.236. The Bertz CT molecular complexity index is 576. The van der Waals surface area contributed by atoms with Crippen molar-refractivity contribution in [2.75, 3.05) is 19.7 Å². The summed E-state index contributed by atoms with van der Waals surface area (Å²) in [4.78, 5) is 25.8. The summed E-state index contributed by atoms with van der Waals surface area (Å²) < 4.78 is 5.78. The highest BCUT2D eigenvalue weighted by Crippen LogP contribution is 2.28. The summed E-state index contributed by atoms with van der Waals surface area (Å²) in [5, 5.41) is 0. The maximum Gasteiger partial charge on any atom is 0.260 e. The Balaban J connectivity index is 1.95. The minimum Gasteiger partial charge on any atom is -0.483 e. The van der Waals surface area contributed by atoms with Crippen LogP contribution in [0.5, 0.6) is 5.75 Å². The number of likely N-dealkylation sites (tertiary alicyclic amines) is 1. The molecule has 6 heteroatoms. The van der Waals surface area contributed by atoms with Crippen LogP contribution in [-0.4, -0.2) is 36.4 Å². The maximum absolute atomic E-state index is 12.4. The van der Waals surface area contributed by atoms with Gasteiger partial charge in [0.05, 0.1) is 5.92 Å². The van der Waals surface area contributed by atoms with Gasteiger partial charge in [0.2, 0.25) is 5.91 Å². The molecule has 2 rings (SSSR count). The molecule has 0 aromatic heterocycles. The molecule has 2 amide bonds. The second kappa shape index (κ2) is 8.68. The van der Waals surface area contributed by atoms with Crippen LogP contribution in [0.2, 0.25) is 0 Å². The van der Waals surface area contributed by atoms with Crippen LogP contribution < -0.4 is 16.0 Å². The number of nitrogens with one attached hydrogen (secondary N) is 1. The smallest absolute Gasteiger partial charge is 0.260 e. The van der Waals surface area contributed by atoms with Gasteiger partial charge >= 0.3 is 0 Å². The van der Waals surface area contributed by atoms with Crippen molar-refractivity contribution in [3.05, 3.63) is 29.8 Å². The molecule has 132 valence electrons. The molecule has 0 saturated carbocycles. The molecule has 3 N–H and O–H groups in total. The Morgan fingerprint density at radius 3 is 2.88 bits per heavy atom. The average molecular weight is 333 g/mol. The zero-order valence-corrected chi connectivity index (χ0v) is 14.5. The summed E-state index contributed by atoms with van der Waals surface area (Å²) >= 11 is 0. The molecule has 1 aliphatic rings. The zero-order chi connectivity index (χ0) is 17.5. The normalized spacial score (nSPS) is 18.8. The van der Waals surface area contributed by atoms with Gasteiger partial charge in [-0.15, -0.1) is 0 Å². The van der Waals surface area contributed by atoms with Gasteiger partial charge in [0, 0.05) is 13.1 Å². The fraction of sp³-hybridized carbons (Fsp3) is 0.556. The van der Waals surface area contributed by atoms with Gasteiger partial charge < -0.3 is 9.64 Å². The number of nitrogens with two attached hydrogens (primary N) is 1. The second-order valence-corrected chi connectivity index (χ2v) is 6.32. The maximum atomic E-state index is 12.4. The van der Waals surface area contributed by atoms with Gasteiger partial charge in [0.1, 0.15) is 5.75 Å². The average Bonchev–Trinajstić information content (AvgIpc) is 2.65. The van der Waals surface area contributed by atoms with Gasteiger partial charge in [-0.05, 0) is 36.8 Å². The van der Waals surface area contributed by atoms with Crippen molar-refractivity contribution >= 4 is 11.8 Å². The molecular weight excluding hydrogens is 306 g/mol. The first-order chi connectivity index (χ1) is 11.6. The second-order valence-electron chi connectivity index (χ2n) is 6.32. The number of carbonyl (C=O) groups is 2. The van der Waals surface area contributed by atoms with E-state index < -0.39 is 0 Å². The monoisotopic (exact) mass is 333 g/mol. The predicted octanol–water partition coefficient (Wildman–Crippen LogP) is 1.81. The highest BCUT2D eigenvalue weighted by Gasteiger charge is 2.28. The lowest BCUT2D eigenvalue weighted by molar-refractivity contribution is -0.137. The van der Waals surface area contributed by atoms with Crippen LogP contribution in [-0.2, 0) is 9.59 Å². The van der Waals surface area contributed by atoms with E-state index in [9.17, 15) is 9.59 Å². The molecule has 0 radical (unpaired) electrons. The molecule has 1 heterocycles. The number of piperidine rings is 1. The quantitative estimate of drug-likeness (QED) is 0.472. The Morgan fingerprint density at radius 2 is 2.17 bits per heavy atom. The molecule has 1 saturated heterocycles. The standard InChI is InChI=1S/C18H27N3O3/c1-3-13(2)15-8-4-5-9-16(15)24-12-17(22)21-10-6-7-14(11-21)18(23)20-19/h4-5,8-9,13-14H,3,6-7,10-12,19H2,1-2H3,(H,20,23). The van der Waals surface area contributed by atoms with Crippen molar-refractivity contribution in [1.29, 1.82) is 0 Å². The van der Waals surface area contributed by atoms with E-state index in [-0.39, 0.29) is 24.3 Å². The van der Waals surface area contributed by atoms with Crippen LogP contribution in [0.4, 0.5) is 0 Å². The summed E-state index contributed by atoms with van der Waals surface area (Å²) in [6, 6.07) is 7.83. The zero-order valence-electron chi connectivity index (χ0n) is 14.5. The molecule has 1 fully saturated rings. The fourth-order valence-electron chi connectivity index (χ4n) is 3.01. The molecule has 1 aromatic carbocycles. The Morgan fingerprint density at radius 1 is 1.42 bits per heavy atom. The summed E-state index contributed by atoms with van der Waals surface area (Å²) in [7, 11) is 0. The number of benzene rings is 1. The lowest BCUT2D eigenvalue weighted by atomic mass is 9.97. The highest BCUT2D eigenvalue weighted by atomic mass is 16.5. The van der Waals surface area contributed by atoms with E-state index in [2.05, 4.69) is 19.3 Å². The number of ether oxygens (including phenoxy) is 1. The van der Waals surface area contributed by atoms with E-state index in [1.807, 2.05) is 24.3 Å². The van der Waals surface area contributed by atoms with Gasteiger partial charge in [0.15, 0.2) is 6.61 Å². The van der Waals surface area contributed by atoms with Gasteiger partial charge in [-0.25, -0.2) is 5.84 Å². The van der Waals surface area contributed by atoms with Crippen molar-refractivity contribution in [1.82, 2.24) is 10.3 Å².